The van der Waals surface area contributed by atoms with E-state index in [1.807, 2.05) is 6.92 Å². The lowest BCUT2D eigenvalue weighted by molar-refractivity contribution is 0.195. The van der Waals surface area contributed by atoms with Gasteiger partial charge in [0.25, 0.3) is 0 Å². The van der Waals surface area contributed by atoms with Crippen molar-refractivity contribution in [3.8, 4) is 11.5 Å². The molecule has 1 fully saturated rings. The summed E-state index contributed by atoms with van der Waals surface area (Å²) in [4.78, 5) is 0. The molecule has 1 aliphatic rings. The smallest absolute Gasteiger partial charge is 0.175 e. The molecule has 1 saturated carbocycles. The summed E-state index contributed by atoms with van der Waals surface area (Å²) in [6.45, 7) is 6.57. The number of hydrogen-bond donors (Lipinski definition) is 1. The molecule has 1 aliphatic carbocycles. The average Bonchev–Trinajstić information content (AvgIpc) is 2.93. The lowest BCUT2D eigenvalue weighted by Crippen LogP contribution is -2.14. The molecular formula is C16H24BrNO2. The first kappa shape index (κ1) is 15.6. The number of rotatable bonds is 7. The minimum absolute atomic E-state index is 0.338. The van der Waals surface area contributed by atoms with Gasteiger partial charge in [0.15, 0.2) is 11.5 Å². The van der Waals surface area contributed by atoms with Crippen molar-refractivity contribution < 1.29 is 9.47 Å². The van der Waals surface area contributed by atoms with Crippen LogP contribution in [-0.2, 0) is 6.54 Å². The monoisotopic (exact) mass is 341 g/mol. The zero-order valence-electron chi connectivity index (χ0n) is 12.4. The first-order valence-electron chi connectivity index (χ1n) is 7.57. The van der Waals surface area contributed by atoms with Gasteiger partial charge < -0.3 is 14.8 Å². The van der Waals surface area contributed by atoms with Gasteiger partial charge in [0.1, 0.15) is 0 Å². The summed E-state index contributed by atoms with van der Waals surface area (Å²) in [5.74, 6) is 1.71. The lowest BCUT2D eigenvalue weighted by Gasteiger charge is -2.19. The topological polar surface area (TPSA) is 30.5 Å². The van der Waals surface area contributed by atoms with Crippen molar-refractivity contribution in [1.82, 2.24) is 5.32 Å². The van der Waals surface area contributed by atoms with E-state index in [-0.39, 0.29) is 0 Å². The van der Waals surface area contributed by atoms with Crippen molar-refractivity contribution >= 4 is 15.9 Å². The SMILES string of the molecule is CCNCc1cc(Br)c(OC2CCCC2)c(OCC)c1. The zero-order chi connectivity index (χ0) is 14.4. The Labute approximate surface area is 130 Å². The summed E-state index contributed by atoms with van der Waals surface area (Å²) in [5, 5.41) is 3.34. The predicted octanol–water partition coefficient (Wildman–Crippen LogP) is 4.28. The number of nitrogens with one attached hydrogen (secondary N) is 1. The Morgan fingerprint density at radius 1 is 1.25 bits per heavy atom. The molecule has 3 nitrogen and oxygen atoms in total. The maximum atomic E-state index is 6.16. The van der Waals surface area contributed by atoms with Gasteiger partial charge in [-0.25, -0.2) is 0 Å². The Morgan fingerprint density at radius 2 is 2.00 bits per heavy atom. The van der Waals surface area contributed by atoms with E-state index in [0.29, 0.717) is 12.7 Å². The summed E-state index contributed by atoms with van der Waals surface area (Å²) in [5.41, 5.74) is 1.21. The van der Waals surface area contributed by atoms with Crippen LogP contribution in [0.5, 0.6) is 11.5 Å². The summed E-state index contributed by atoms with van der Waals surface area (Å²) >= 11 is 3.63. The van der Waals surface area contributed by atoms with Gasteiger partial charge in [-0.05, 0) is 72.8 Å². The van der Waals surface area contributed by atoms with E-state index in [0.717, 1.165) is 41.9 Å². The summed E-state index contributed by atoms with van der Waals surface area (Å²) in [7, 11) is 0. The fourth-order valence-corrected chi connectivity index (χ4v) is 3.13. The van der Waals surface area contributed by atoms with Crippen LogP contribution < -0.4 is 14.8 Å². The summed E-state index contributed by atoms with van der Waals surface area (Å²) in [6, 6.07) is 4.21. The van der Waals surface area contributed by atoms with Gasteiger partial charge in [-0.1, -0.05) is 6.92 Å². The normalized spacial score (nSPS) is 15.6. The van der Waals surface area contributed by atoms with Crippen molar-refractivity contribution in [2.24, 2.45) is 0 Å². The molecule has 0 aliphatic heterocycles. The van der Waals surface area contributed by atoms with Crippen molar-refractivity contribution in [1.29, 1.82) is 0 Å². The van der Waals surface area contributed by atoms with E-state index in [9.17, 15) is 0 Å². The Bertz CT molecular complexity index is 431. The fourth-order valence-electron chi connectivity index (χ4n) is 2.54. The zero-order valence-corrected chi connectivity index (χ0v) is 14.0. The Morgan fingerprint density at radius 3 is 2.65 bits per heavy atom. The molecule has 0 aromatic heterocycles. The van der Waals surface area contributed by atoms with Crippen LogP contribution in [0.2, 0.25) is 0 Å². The minimum Gasteiger partial charge on any atom is -0.490 e. The molecule has 1 aromatic rings. The number of ether oxygens (including phenoxy) is 2. The van der Waals surface area contributed by atoms with Gasteiger partial charge in [-0.2, -0.15) is 0 Å². The highest BCUT2D eigenvalue weighted by molar-refractivity contribution is 9.10. The third kappa shape index (κ3) is 4.13. The molecule has 2 rings (SSSR count). The van der Waals surface area contributed by atoms with E-state index in [4.69, 9.17) is 9.47 Å². The van der Waals surface area contributed by atoms with E-state index in [1.165, 1.54) is 18.4 Å². The van der Waals surface area contributed by atoms with Crippen molar-refractivity contribution in [3.05, 3.63) is 22.2 Å². The summed E-state index contributed by atoms with van der Waals surface area (Å²) < 4.78 is 12.9. The molecule has 0 unspecified atom stereocenters. The van der Waals surface area contributed by atoms with Gasteiger partial charge in [-0.3, -0.25) is 0 Å². The second-order valence-electron chi connectivity index (χ2n) is 5.14. The van der Waals surface area contributed by atoms with E-state index < -0.39 is 0 Å². The first-order chi connectivity index (χ1) is 9.74. The molecule has 1 aromatic carbocycles. The quantitative estimate of drug-likeness (QED) is 0.802. The minimum atomic E-state index is 0.338. The molecule has 112 valence electrons. The molecule has 0 atom stereocenters. The highest BCUT2D eigenvalue weighted by Crippen LogP contribution is 2.39. The van der Waals surface area contributed by atoms with Gasteiger partial charge in [-0.15, -0.1) is 0 Å². The van der Waals surface area contributed by atoms with Crippen LogP contribution >= 0.6 is 15.9 Å². The average molecular weight is 342 g/mol. The molecule has 0 amide bonds. The number of halogens is 1. The van der Waals surface area contributed by atoms with Crippen molar-refractivity contribution in [3.63, 3.8) is 0 Å². The Balaban J connectivity index is 2.18. The largest absolute Gasteiger partial charge is 0.490 e. The maximum absolute atomic E-state index is 6.16. The van der Waals surface area contributed by atoms with Crippen molar-refractivity contribution in [2.75, 3.05) is 13.2 Å². The number of hydrogen-bond acceptors (Lipinski definition) is 3. The lowest BCUT2D eigenvalue weighted by atomic mass is 10.2. The van der Waals surface area contributed by atoms with E-state index in [1.54, 1.807) is 0 Å². The molecule has 4 heteroatoms. The molecule has 0 radical (unpaired) electrons. The van der Waals surface area contributed by atoms with E-state index in [2.05, 4.69) is 40.3 Å². The van der Waals surface area contributed by atoms with Gasteiger partial charge in [0.05, 0.1) is 17.2 Å². The molecule has 1 N–H and O–H groups in total. The van der Waals surface area contributed by atoms with E-state index >= 15 is 0 Å². The third-order valence-corrected chi connectivity index (χ3v) is 4.12. The van der Waals surface area contributed by atoms with Gasteiger partial charge >= 0.3 is 0 Å². The second-order valence-corrected chi connectivity index (χ2v) is 6.00. The van der Waals surface area contributed by atoms with Crippen LogP contribution in [0.15, 0.2) is 16.6 Å². The highest BCUT2D eigenvalue weighted by Gasteiger charge is 2.20. The highest BCUT2D eigenvalue weighted by atomic mass is 79.9. The molecule has 20 heavy (non-hydrogen) atoms. The van der Waals surface area contributed by atoms with Crippen LogP contribution in [-0.4, -0.2) is 19.3 Å². The first-order valence-corrected chi connectivity index (χ1v) is 8.36. The second kappa shape index (κ2) is 7.89. The standard InChI is InChI=1S/C16H24BrNO2/c1-3-18-11-12-9-14(17)16(15(10-12)19-4-2)20-13-7-5-6-8-13/h9-10,13,18H,3-8,11H2,1-2H3. The Kier molecular flexibility index (Phi) is 6.17. The van der Waals surface area contributed by atoms with Crippen molar-refractivity contribution in [2.45, 2.75) is 52.2 Å². The number of benzene rings is 1. The maximum Gasteiger partial charge on any atom is 0.175 e. The molecule has 0 spiro atoms. The van der Waals surface area contributed by atoms with Crippen LogP contribution in [0.4, 0.5) is 0 Å². The molecule has 0 heterocycles. The molecule has 0 saturated heterocycles. The Hall–Kier alpha value is -0.740. The third-order valence-electron chi connectivity index (χ3n) is 3.53. The van der Waals surface area contributed by atoms with Gasteiger partial charge in [0, 0.05) is 6.54 Å². The van der Waals surface area contributed by atoms with Crippen LogP contribution in [0.25, 0.3) is 0 Å². The predicted molar refractivity (Wildman–Crippen MR) is 85.6 cm³/mol. The van der Waals surface area contributed by atoms with Crippen LogP contribution in [0.3, 0.4) is 0 Å². The van der Waals surface area contributed by atoms with Gasteiger partial charge in [0.2, 0.25) is 0 Å². The molecular weight excluding hydrogens is 318 g/mol. The van der Waals surface area contributed by atoms with Crippen LogP contribution in [0, 0.1) is 0 Å². The summed E-state index contributed by atoms with van der Waals surface area (Å²) in [6.07, 6.45) is 5.18. The molecule has 0 bridgehead atoms. The fraction of sp³-hybridized carbons (Fsp3) is 0.625. The van der Waals surface area contributed by atoms with Crippen LogP contribution in [0.1, 0.15) is 45.1 Å².